The van der Waals surface area contributed by atoms with E-state index < -0.39 is 75.4 Å². The highest BCUT2D eigenvalue weighted by atomic mass is 31.2. The molecule has 13 aromatic rings. The van der Waals surface area contributed by atoms with E-state index in [0.717, 1.165) is 16.7 Å². The van der Waals surface area contributed by atoms with Crippen molar-refractivity contribution < 1.29 is 50.0 Å². The molecule has 23 heteroatoms. The molecular formula is C82H62N6O11P6. The summed E-state index contributed by atoms with van der Waals surface area (Å²) >= 11 is 0. The Labute approximate surface area is 605 Å². The van der Waals surface area contributed by atoms with Crippen LogP contribution >= 0.6 is 44.0 Å². The molecule has 7 heterocycles. The SMILES string of the molecule is O=P1(CN(CP2(=O)Oc3ccccc3-c3ccccc32)c2nc(N(CP3(=O)Oc4ccccc4-c4ccccc43)CP3(=O)Oc4ccccc4-c4ccccc43)nc(N(CP3(=O)Oc4ccccc4-c4ccccc43)CP3(=O)Oc4ccccc4-c4ccccc43)n2)Cc2ccccc2-c2ccccc21. The number of fused-ring (bicyclic) bond motifs is 18. The van der Waals surface area contributed by atoms with E-state index in [1.165, 1.54) is 9.80 Å². The van der Waals surface area contributed by atoms with E-state index in [0.29, 0.717) is 116 Å². The highest BCUT2D eigenvalue weighted by Crippen LogP contribution is 2.64. The lowest BCUT2D eigenvalue weighted by Gasteiger charge is -2.38. The topological polar surface area (TPSA) is 197 Å². The lowest BCUT2D eigenvalue weighted by Crippen LogP contribution is -2.39. The highest BCUT2D eigenvalue weighted by Gasteiger charge is 2.49. The molecule has 12 aromatic carbocycles. The van der Waals surface area contributed by atoms with E-state index in [-0.39, 0.29) is 30.3 Å². The molecule has 105 heavy (non-hydrogen) atoms. The van der Waals surface area contributed by atoms with Gasteiger partial charge >= 0.3 is 0 Å². The zero-order valence-electron chi connectivity index (χ0n) is 56.0. The molecule has 516 valence electrons. The molecule has 0 N–H and O–H groups in total. The Bertz CT molecular complexity index is 5180. The molecule has 0 bridgehead atoms. The normalized spacial score (nSPS) is 21.8. The molecule has 0 fully saturated rings. The summed E-state index contributed by atoms with van der Waals surface area (Å²) in [5, 5.41) is 2.39. The second-order valence-corrected chi connectivity index (χ2v) is 41.1. The van der Waals surface area contributed by atoms with Crippen LogP contribution in [-0.2, 0) is 33.6 Å². The Hall–Kier alpha value is -10.6. The zero-order valence-corrected chi connectivity index (χ0v) is 61.4. The Morgan fingerprint density at radius 1 is 0.229 bits per heavy atom. The molecule has 6 atom stereocenters. The molecule has 0 saturated carbocycles. The Balaban J connectivity index is 0.879. The standard InChI is InChI=1S/C82H62N6O11P6/c89-100(49-56-25-1-2-26-57(56)63-32-8-19-43-74(63)100)50-86(51-101(90)75-44-20-9-33-64(75)58-27-3-14-38-69(58)95-101)80-83-81(87(52-102(91)76-45-21-10-34-65(76)59-28-4-15-39-70(59)96-102)53-103(92)77-46-22-11-35-66(77)60-29-5-16-40-71(60)97-103)85-82(84-80)88(54-104(93)78-47-23-12-36-67(78)61-30-6-17-41-72(61)98-104)55-105(94)79-48-24-13-37-68(79)62-31-7-18-42-73(62)99-105/h1-48H,49-55H2. The maximum atomic E-state index is 17.2. The Morgan fingerprint density at radius 3 is 0.705 bits per heavy atom. The van der Waals surface area contributed by atoms with Crippen molar-refractivity contribution >= 4 is 93.7 Å². The van der Waals surface area contributed by atoms with Crippen LogP contribution in [0.15, 0.2) is 291 Å². The largest absolute Gasteiger partial charge is 0.438 e. The number of anilines is 3. The minimum atomic E-state index is -4.33. The number of hydrogen-bond donors (Lipinski definition) is 0. The molecule has 1 aromatic heterocycles. The van der Waals surface area contributed by atoms with Crippen molar-refractivity contribution in [1.82, 2.24) is 15.0 Å². The van der Waals surface area contributed by atoms with E-state index in [9.17, 15) is 0 Å². The third-order valence-corrected chi connectivity index (χ3v) is 34.7. The van der Waals surface area contributed by atoms with E-state index in [4.69, 9.17) is 37.6 Å². The van der Waals surface area contributed by atoms with Gasteiger partial charge in [-0.05, 0) is 105 Å². The molecule has 6 aliphatic rings. The van der Waals surface area contributed by atoms with Gasteiger partial charge in [0.2, 0.25) is 17.8 Å². The molecule has 6 unspecified atom stereocenters. The van der Waals surface area contributed by atoms with Gasteiger partial charge in [-0.2, -0.15) is 15.0 Å². The fraction of sp³-hybridized carbons (Fsp3) is 0.0854. The second kappa shape index (κ2) is 25.1. The minimum Gasteiger partial charge on any atom is -0.438 e. The summed E-state index contributed by atoms with van der Waals surface area (Å²) in [6, 6.07) is 88.6. The number of aromatic nitrogens is 3. The van der Waals surface area contributed by atoms with Gasteiger partial charge in [-0.15, -0.1) is 0 Å². The van der Waals surface area contributed by atoms with Gasteiger partial charge in [-0.25, -0.2) is 0 Å². The molecule has 6 aliphatic heterocycles. The quantitative estimate of drug-likeness (QED) is 0.0878. The number of para-hydroxylation sites is 5. The third-order valence-electron chi connectivity index (χ3n) is 20.2. The van der Waals surface area contributed by atoms with Gasteiger partial charge in [-0.3, -0.25) is 22.8 Å². The molecule has 0 amide bonds. The first-order valence-corrected chi connectivity index (χ1v) is 45.4. The lowest BCUT2D eigenvalue weighted by atomic mass is 10.0. The van der Waals surface area contributed by atoms with Crippen molar-refractivity contribution in [2.75, 3.05) is 52.4 Å². The number of nitrogens with zero attached hydrogens (tertiary/aromatic N) is 6. The molecule has 17 nitrogen and oxygen atoms in total. The summed E-state index contributed by atoms with van der Waals surface area (Å²) in [6.07, 6.45) is -3.07. The second-order valence-electron chi connectivity index (χ2n) is 26.8. The van der Waals surface area contributed by atoms with Crippen LogP contribution in [0.2, 0.25) is 0 Å². The van der Waals surface area contributed by atoms with Gasteiger partial charge < -0.3 is 41.9 Å². The predicted molar refractivity (Wildman–Crippen MR) is 418 cm³/mol. The van der Waals surface area contributed by atoms with Crippen LogP contribution in [0.25, 0.3) is 66.8 Å². The van der Waals surface area contributed by atoms with Crippen molar-refractivity contribution in [3.05, 3.63) is 297 Å². The Kier molecular flexibility index (Phi) is 15.6. The Morgan fingerprint density at radius 2 is 0.429 bits per heavy atom. The maximum absolute atomic E-state index is 17.2. The fourth-order valence-electron chi connectivity index (χ4n) is 15.5. The summed E-state index contributed by atoms with van der Waals surface area (Å²) < 4.78 is 137. The molecule has 19 rings (SSSR count). The van der Waals surface area contributed by atoms with Crippen LogP contribution < -0.4 is 69.1 Å². The van der Waals surface area contributed by atoms with Crippen LogP contribution in [0.1, 0.15) is 5.56 Å². The predicted octanol–water partition coefficient (Wildman–Crippen LogP) is 18.2. The number of hydrogen-bond acceptors (Lipinski definition) is 17. The summed E-state index contributed by atoms with van der Waals surface area (Å²) in [6.45, 7) is 0. The summed E-state index contributed by atoms with van der Waals surface area (Å²) in [7, 11) is -25.5. The van der Waals surface area contributed by atoms with E-state index in [1.807, 2.05) is 176 Å². The van der Waals surface area contributed by atoms with Gasteiger partial charge in [0, 0.05) is 39.3 Å². The molecule has 0 saturated heterocycles. The monoisotopic (exact) mass is 1490 g/mol. The first-order valence-electron chi connectivity index (χ1n) is 34.3. The van der Waals surface area contributed by atoms with Crippen LogP contribution in [-0.4, -0.2) is 52.7 Å². The fourth-order valence-corrected chi connectivity index (χ4v) is 30.7. The number of rotatable bonds is 15. The van der Waals surface area contributed by atoms with Crippen LogP contribution in [0, 0.1) is 0 Å². The van der Waals surface area contributed by atoms with Gasteiger partial charge in [-0.1, -0.05) is 231 Å². The van der Waals surface area contributed by atoms with Crippen molar-refractivity contribution in [3.63, 3.8) is 0 Å². The minimum absolute atomic E-state index is 0.0654. The van der Waals surface area contributed by atoms with Crippen molar-refractivity contribution in [2.45, 2.75) is 6.16 Å². The summed E-state index contributed by atoms with van der Waals surface area (Å²) in [5.74, 6) is 0.909. The zero-order chi connectivity index (χ0) is 70.9. The third kappa shape index (κ3) is 11.1. The molecular weight excluding hydrogens is 1430 g/mol. The summed E-state index contributed by atoms with van der Waals surface area (Å²) in [4.78, 5) is 21.2. The van der Waals surface area contributed by atoms with Gasteiger partial charge in [0.25, 0.3) is 36.8 Å². The van der Waals surface area contributed by atoms with E-state index in [2.05, 4.69) is 0 Å². The maximum Gasteiger partial charge on any atom is 0.296 e. The number of benzene rings is 12. The first kappa shape index (κ1) is 65.2. The smallest absolute Gasteiger partial charge is 0.296 e. The van der Waals surface area contributed by atoms with Crippen LogP contribution in [0.5, 0.6) is 28.7 Å². The molecule has 0 aliphatic carbocycles. The van der Waals surface area contributed by atoms with Gasteiger partial charge in [0.15, 0.2) is 0 Å². The highest BCUT2D eigenvalue weighted by molar-refractivity contribution is 7.72. The van der Waals surface area contributed by atoms with E-state index in [1.54, 1.807) is 120 Å². The van der Waals surface area contributed by atoms with Crippen molar-refractivity contribution in [3.8, 4) is 95.5 Å². The summed E-state index contributed by atoms with van der Waals surface area (Å²) in [5.41, 5.74) is 9.28. The average Bonchev–Trinajstić information content (AvgIpc) is 0.731. The molecule has 0 radical (unpaired) electrons. The lowest BCUT2D eigenvalue weighted by molar-refractivity contribution is 0.482. The van der Waals surface area contributed by atoms with E-state index >= 15 is 27.4 Å². The first-order chi connectivity index (χ1) is 51.1. The van der Waals surface area contributed by atoms with Crippen molar-refractivity contribution in [2.24, 2.45) is 0 Å². The van der Waals surface area contributed by atoms with Gasteiger partial charge in [0.05, 0.1) is 32.8 Å². The van der Waals surface area contributed by atoms with Crippen LogP contribution in [0.3, 0.4) is 0 Å². The van der Waals surface area contributed by atoms with Crippen LogP contribution in [0.4, 0.5) is 17.8 Å². The average molecular weight is 1490 g/mol. The van der Waals surface area contributed by atoms with Crippen molar-refractivity contribution in [1.29, 1.82) is 0 Å². The molecule has 0 spiro atoms. The van der Waals surface area contributed by atoms with Gasteiger partial charge in [0.1, 0.15) is 67.3 Å².